The van der Waals surface area contributed by atoms with Crippen molar-refractivity contribution in [2.45, 2.75) is 0 Å². The predicted octanol–water partition coefficient (Wildman–Crippen LogP) is 3.30. The van der Waals surface area contributed by atoms with Gasteiger partial charge >= 0.3 is 0 Å². The fraction of sp³-hybridized carbons (Fsp3) is 0. The van der Waals surface area contributed by atoms with Crippen molar-refractivity contribution in [3.05, 3.63) is 60.9 Å². The predicted molar refractivity (Wildman–Crippen MR) is 65.0 cm³/mol. The first-order valence-electron chi connectivity index (χ1n) is 5.20. The molecule has 0 spiro atoms. The van der Waals surface area contributed by atoms with Crippen LogP contribution >= 0.6 is 0 Å². The molecule has 0 saturated carbocycles. The minimum absolute atomic E-state index is 0.987. The van der Waals surface area contributed by atoms with Crippen molar-refractivity contribution in [3.63, 3.8) is 0 Å². The molecule has 76 valence electrons. The smallest absolute Gasteiger partial charge is 0.0708 e. The molecule has 0 aliphatic carbocycles. The Bertz CT molecular complexity index is 612. The van der Waals surface area contributed by atoms with Gasteiger partial charge in [0.2, 0.25) is 0 Å². The average molecular weight is 206 g/mol. The van der Waals surface area contributed by atoms with Gasteiger partial charge in [0.25, 0.3) is 0 Å². The summed E-state index contributed by atoms with van der Waals surface area (Å²) in [4.78, 5) is 8.71. The Morgan fingerprint density at radius 3 is 2.50 bits per heavy atom. The van der Waals surface area contributed by atoms with Crippen LogP contribution in [-0.4, -0.2) is 9.97 Å². The lowest BCUT2D eigenvalue weighted by molar-refractivity contribution is 1.33. The molecule has 16 heavy (non-hydrogen) atoms. The Morgan fingerprint density at radius 1 is 0.688 bits per heavy atom. The molecule has 3 aromatic rings. The van der Waals surface area contributed by atoms with Crippen LogP contribution < -0.4 is 0 Å². The standard InChI is InChI=1S/C14H10N2/c1-2-9-15-13(7-1)11-5-3-8-14-12(11)6-4-10-16-14/h1-10H. The van der Waals surface area contributed by atoms with Crippen LogP contribution in [0.1, 0.15) is 0 Å². The molecule has 0 bridgehead atoms. The summed E-state index contributed by atoms with van der Waals surface area (Å²) in [6.45, 7) is 0. The molecule has 0 aliphatic rings. The Morgan fingerprint density at radius 2 is 1.62 bits per heavy atom. The molecular formula is C14H10N2. The molecule has 0 radical (unpaired) electrons. The summed E-state index contributed by atoms with van der Waals surface area (Å²) in [6.07, 6.45) is 3.62. The van der Waals surface area contributed by atoms with Crippen LogP contribution in [-0.2, 0) is 0 Å². The quantitative estimate of drug-likeness (QED) is 0.610. The van der Waals surface area contributed by atoms with E-state index in [9.17, 15) is 0 Å². The molecule has 0 atom stereocenters. The highest BCUT2D eigenvalue weighted by Gasteiger charge is 2.03. The summed E-state index contributed by atoms with van der Waals surface area (Å²) in [7, 11) is 0. The number of nitrogens with zero attached hydrogens (tertiary/aromatic N) is 2. The molecule has 0 unspecified atom stereocenters. The maximum Gasteiger partial charge on any atom is 0.0708 e. The lowest BCUT2D eigenvalue weighted by Gasteiger charge is -2.04. The summed E-state index contributed by atoms with van der Waals surface area (Å²) >= 11 is 0. The van der Waals surface area contributed by atoms with Crippen molar-refractivity contribution in [3.8, 4) is 11.3 Å². The van der Waals surface area contributed by atoms with Gasteiger partial charge in [-0.15, -0.1) is 0 Å². The minimum atomic E-state index is 0.987. The van der Waals surface area contributed by atoms with Gasteiger partial charge in [0.1, 0.15) is 0 Å². The summed E-state index contributed by atoms with van der Waals surface area (Å²) in [5.41, 5.74) is 3.12. The summed E-state index contributed by atoms with van der Waals surface area (Å²) < 4.78 is 0. The first-order chi connectivity index (χ1) is 7.95. The fourth-order valence-electron chi connectivity index (χ4n) is 1.85. The molecule has 0 aliphatic heterocycles. The van der Waals surface area contributed by atoms with E-state index in [0.717, 1.165) is 22.2 Å². The molecule has 2 heterocycles. The molecule has 1 aromatic carbocycles. The highest BCUT2D eigenvalue weighted by Crippen LogP contribution is 2.25. The number of hydrogen-bond donors (Lipinski definition) is 0. The van der Waals surface area contributed by atoms with Gasteiger partial charge in [-0.2, -0.15) is 0 Å². The second-order valence-electron chi connectivity index (χ2n) is 3.59. The monoisotopic (exact) mass is 206 g/mol. The lowest BCUT2D eigenvalue weighted by Crippen LogP contribution is -1.85. The lowest BCUT2D eigenvalue weighted by atomic mass is 10.1. The first kappa shape index (κ1) is 9.04. The summed E-state index contributed by atoms with van der Waals surface area (Å²) in [5.74, 6) is 0. The summed E-state index contributed by atoms with van der Waals surface area (Å²) in [5, 5.41) is 1.14. The van der Waals surface area contributed by atoms with Gasteiger partial charge in [-0.25, -0.2) is 0 Å². The second kappa shape index (κ2) is 3.74. The first-order valence-corrected chi connectivity index (χ1v) is 5.20. The van der Waals surface area contributed by atoms with Gasteiger partial charge in [-0.05, 0) is 24.3 Å². The van der Waals surface area contributed by atoms with E-state index in [1.54, 1.807) is 0 Å². The van der Waals surface area contributed by atoms with Crippen molar-refractivity contribution in [1.29, 1.82) is 0 Å². The third-order valence-corrected chi connectivity index (χ3v) is 2.59. The van der Waals surface area contributed by atoms with E-state index in [-0.39, 0.29) is 0 Å². The molecular weight excluding hydrogens is 196 g/mol. The molecule has 2 aromatic heterocycles. The Balaban J connectivity index is 2.32. The van der Waals surface area contributed by atoms with Crippen LogP contribution in [0.25, 0.3) is 22.2 Å². The maximum absolute atomic E-state index is 4.37. The third-order valence-electron chi connectivity index (χ3n) is 2.59. The van der Waals surface area contributed by atoms with Crippen LogP contribution in [0.2, 0.25) is 0 Å². The fourth-order valence-corrected chi connectivity index (χ4v) is 1.85. The Labute approximate surface area is 93.6 Å². The number of rotatable bonds is 1. The van der Waals surface area contributed by atoms with Crippen molar-refractivity contribution in [2.75, 3.05) is 0 Å². The van der Waals surface area contributed by atoms with Crippen molar-refractivity contribution >= 4 is 10.9 Å². The van der Waals surface area contributed by atoms with Gasteiger partial charge < -0.3 is 0 Å². The maximum atomic E-state index is 4.37. The Hall–Kier alpha value is -2.22. The van der Waals surface area contributed by atoms with E-state index in [0.29, 0.717) is 0 Å². The van der Waals surface area contributed by atoms with Gasteiger partial charge in [0.15, 0.2) is 0 Å². The molecule has 2 nitrogen and oxygen atoms in total. The van der Waals surface area contributed by atoms with Gasteiger partial charge in [0.05, 0.1) is 11.2 Å². The minimum Gasteiger partial charge on any atom is -0.256 e. The Kier molecular flexibility index (Phi) is 2.11. The summed E-state index contributed by atoms with van der Waals surface area (Å²) in [6, 6.07) is 16.1. The number of hydrogen-bond acceptors (Lipinski definition) is 2. The average Bonchev–Trinajstić information content (AvgIpc) is 2.39. The number of aromatic nitrogens is 2. The number of benzene rings is 1. The molecule has 0 saturated heterocycles. The topological polar surface area (TPSA) is 25.8 Å². The zero-order chi connectivity index (χ0) is 10.8. The number of pyridine rings is 2. The van der Waals surface area contributed by atoms with Crippen LogP contribution in [0.5, 0.6) is 0 Å². The molecule has 2 heteroatoms. The molecule has 0 fully saturated rings. The van der Waals surface area contributed by atoms with E-state index in [1.165, 1.54) is 0 Å². The van der Waals surface area contributed by atoms with Gasteiger partial charge in [-0.3, -0.25) is 9.97 Å². The van der Waals surface area contributed by atoms with Crippen LogP contribution in [0.4, 0.5) is 0 Å². The van der Waals surface area contributed by atoms with Gasteiger partial charge in [-0.1, -0.05) is 24.3 Å². The zero-order valence-electron chi connectivity index (χ0n) is 8.67. The van der Waals surface area contributed by atoms with Crippen LogP contribution in [0, 0.1) is 0 Å². The SMILES string of the molecule is c1ccc(-c2cccc3ncccc23)nc1. The van der Waals surface area contributed by atoms with Crippen LogP contribution in [0.3, 0.4) is 0 Å². The van der Waals surface area contributed by atoms with Crippen molar-refractivity contribution < 1.29 is 0 Å². The van der Waals surface area contributed by atoms with E-state index in [1.807, 2.05) is 48.8 Å². The van der Waals surface area contributed by atoms with E-state index in [2.05, 4.69) is 22.1 Å². The number of fused-ring (bicyclic) bond motifs is 1. The van der Waals surface area contributed by atoms with Gasteiger partial charge in [0, 0.05) is 23.3 Å². The highest BCUT2D eigenvalue weighted by molar-refractivity contribution is 5.93. The van der Waals surface area contributed by atoms with E-state index < -0.39 is 0 Å². The normalized spacial score (nSPS) is 10.5. The second-order valence-corrected chi connectivity index (χ2v) is 3.59. The van der Waals surface area contributed by atoms with E-state index >= 15 is 0 Å². The molecule has 3 rings (SSSR count). The van der Waals surface area contributed by atoms with E-state index in [4.69, 9.17) is 0 Å². The highest BCUT2D eigenvalue weighted by atomic mass is 14.7. The molecule has 0 amide bonds. The largest absolute Gasteiger partial charge is 0.256 e. The third kappa shape index (κ3) is 1.44. The van der Waals surface area contributed by atoms with Crippen molar-refractivity contribution in [1.82, 2.24) is 9.97 Å². The van der Waals surface area contributed by atoms with Crippen molar-refractivity contribution in [2.24, 2.45) is 0 Å². The van der Waals surface area contributed by atoms with Crippen LogP contribution in [0.15, 0.2) is 60.9 Å². The zero-order valence-corrected chi connectivity index (χ0v) is 8.67. The molecule has 0 N–H and O–H groups in total.